The minimum atomic E-state index is -4.96. The maximum Gasteiger partial charge on any atom is 0.472 e. The van der Waals surface area contributed by atoms with E-state index in [0.717, 1.165) is 120 Å². The SMILES string of the molecule is CCCCCCCCCC(=O)OC[C@H](COP(=O)(O)OC[C@H](O)COP(=O)(O)OC[C@@H](COC(=O)CCCCCCCCCCCCCCCCC(C)CC)OC(=O)CCCCCCCCCCCCCCCCC(C)CC)OC(=O)CCCCCCCCCCCCCCCC(C)C. The third-order valence-corrected chi connectivity index (χ3v) is 21.3. The lowest BCUT2D eigenvalue weighted by molar-refractivity contribution is -0.161. The summed E-state index contributed by atoms with van der Waals surface area (Å²) < 4.78 is 68.6. The summed E-state index contributed by atoms with van der Waals surface area (Å²) >= 11 is 0. The fourth-order valence-electron chi connectivity index (χ4n) is 12.2. The summed E-state index contributed by atoms with van der Waals surface area (Å²) in [5, 5.41) is 10.6. The second-order valence-electron chi connectivity index (χ2n) is 29.8. The summed E-state index contributed by atoms with van der Waals surface area (Å²) in [6, 6.07) is 0. The Hall–Kier alpha value is -1.94. The Bertz CT molecular complexity index is 1930. The van der Waals surface area contributed by atoms with Crippen molar-refractivity contribution in [3.05, 3.63) is 0 Å². The topological polar surface area (TPSA) is 237 Å². The molecule has 0 spiro atoms. The molecule has 17 nitrogen and oxygen atoms in total. The number of ether oxygens (including phenoxy) is 4. The first-order valence-corrected chi connectivity index (χ1v) is 44.4. The van der Waals surface area contributed by atoms with Crippen LogP contribution in [-0.2, 0) is 65.4 Å². The van der Waals surface area contributed by atoms with Gasteiger partial charge in [0.2, 0.25) is 0 Å². The number of phosphoric acid groups is 2. The van der Waals surface area contributed by atoms with E-state index >= 15 is 0 Å². The molecule has 3 N–H and O–H groups in total. The summed E-state index contributed by atoms with van der Waals surface area (Å²) in [6.45, 7) is 12.0. The van der Waals surface area contributed by atoms with Crippen LogP contribution in [0.25, 0.3) is 0 Å². The Kier molecular flexibility index (Phi) is 69.0. The number of aliphatic hydroxyl groups excluding tert-OH is 1. The van der Waals surface area contributed by atoms with Crippen LogP contribution in [0.4, 0.5) is 0 Å². The molecular formula is C80H156O17P2. The molecule has 0 aliphatic carbocycles. The van der Waals surface area contributed by atoms with Gasteiger partial charge in [0.15, 0.2) is 12.2 Å². The lowest BCUT2D eigenvalue weighted by Gasteiger charge is -2.21. The molecule has 19 heteroatoms. The highest BCUT2D eigenvalue weighted by atomic mass is 31.2. The van der Waals surface area contributed by atoms with E-state index in [2.05, 4.69) is 48.5 Å². The van der Waals surface area contributed by atoms with Gasteiger partial charge in [-0.1, -0.05) is 363 Å². The van der Waals surface area contributed by atoms with E-state index in [1.807, 2.05) is 0 Å². The van der Waals surface area contributed by atoms with Gasteiger partial charge in [0.1, 0.15) is 19.3 Å². The smallest absolute Gasteiger partial charge is 0.462 e. The number of carbonyl (C=O) groups excluding carboxylic acids is 4. The van der Waals surface area contributed by atoms with Gasteiger partial charge in [-0.25, -0.2) is 9.13 Å². The zero-order chi connectivity index (χ0) is 73.0. The molecule has 0 aromatic carbocycles. The van der Waals surface area contributed by atoms with Crippen molar-refractivity contribution in [3.8, 4) is 0 Å². The molecule has 0 saturated carbocycles. The molecule has 0 saturated heterocycles. The number of esters is 4. The van der Waals surface area contributed by atoms with E-state index in [-0.39, 0.29) is 25.7 Å². The number of hydrogen-bond acceptors (Lipinski definition) is 15. The van der Waals surface area contributed by atoms with Crippen molar-refractivity contribution < 1.29 is 80.2 Å². The second kappa shape index (κ2) is 70.4. The fraction of sp³-hybridized carbons (Fsp3) is 0.950. The van der Waals surface area contributed by atoms with E-state index in [1.54, 1.807) is 0 Å². The van der Waals surface area contributed by atoms with Gasteiger partial charge < -0.3 is 33.8 Å². The van der Waals surface area contributed by atoms with Gasteiger partial charge in [0, 0.05) is 25.7 Å². The Morgan fingerprint density at radius 1 is 0.293 bits per heavy atom. The van der Waals surface area contributed by atoms with Crippen molar-refractivity contribution in [2.45, 2.75) is 433 Å². The highest BCUT2D eigenvalue weighted by Gasteiger charge is 2.30. The van der Waals surface area contributed by atoms with Crippen LogP contribution in [0.15, 0.2) is 0 Å². The number of rotatable bonds is 78. The van der Waals surface area contributed by atoms with Gasteiger partial charge in [0.25, 0.3) is 0 Å². The van der Waals surface area contributed by atoms with Crippen molar-refractivity contribution in [1.82, 2.24) is 0 Å². The third-order valence-electron chi connectivity index (χ3n) is 19.4. The summed E-state index contributed by atoms with van der Waals surface area (Å²) in [7, 11) is -9.91. The molecular weight excluding hydrogens is 1290 g/mol. The predicted molar refractivity (Wildman–Crippen MR) is 405 cm³/mol. The van der Waals surface area contributed by atoms with E-state index in [4.69, 9.17) is 37.0 Å². The maximum absolute atomic E-state index is 13.1. The minimum absolute atomic E-state index is 0.107. The van der Waals surface area contributed by atoms with Crippen molar-refractivity contribution in [2.75, 3.05) is 39.6 Å². The lowest BCUT2D eigenvalue weighted by atomic mass is 9.99. The van der Waals surface area contributed by atoms with Gasteiger partial charge >= 0.3 is 39.5 Å². The molecule has 0 aromatic heterocycles. The van der Waals surface area contributed by atoms with Crippen molar-refractivity contribution >= 4 is 39.5 Å². The molecule has 99 heavy (non-hydrogen) atoms. The second-order valence-corrected chi connectivity index (χ2v) is 32.7. The van der Waals surface area contributed by atoms with Crippen LogP contribution >= 0.6 is 15.6 Å². The number of carbonyl (C=O) groups is 4. The first-order chi connectivity index (χ1) is 47.8. The standard InChI is InChI=1S/C80H156O17P2/c1-8-11-12-13-37-47-54-61-77(82)90-67-75(96-79(84)64-57-50-43-36-30-24-18-19-25-31-38-44-51-58-71(4)5)69-94-98(86,87)92-65-74(81)66-93-99(88,89)95-70-76(97-80(85)63-56-49-42-35-29-23-17-15-21-27-33-40-46-53-60-73(7)10-3)68-91-78(83)62-55-48-41-34-28-22-16-14-20-26-32-39-45-52-59-72(6)9-2/h71-76,81H,8-70H2,1-7H3,(H,86,87)(H,88,89)/t72?,73?,74-,75+,76+/m0/s1. The molecule has 0 radical (unpaired) electrons. The Morgan fingerprint density at radius 3 is 0.768 bits per heavy atom. The van der Waals surface area contributed by atoms with Gasteiger partial charge in [0.05, 0.1) is 26.4 Å². The Labute approximate surface area is 607 Å². The van der Waals surface area contributed by atoms with E-state index in [1.165, 1.54) is 212 Å². The number of aliphatic hydroxyl groups is 1. The van der Waals surface area contributed by atoms with Crippen molar-refractivity contribution in [1.29, 1.82) is 0 Å². The van der Waals surface area contributed by atoms with E-state index in [9.17, 15) is 43.2 Å². The molecule has 0 aromatic rings. The zero-order valence-corrected chi connectivity index (χ0v) is 66.8. The van der Waals surface area contributed by atoms with Crippen LogP contribution < -0.4 is 0 Å². The quantitative estimate of drug-likeness (QED) is 0.0222. The van der Waals surface area contributed by atoms with Gasteiger partial charge in [-0.05, 0) is 43.4 Å². The van der Waals surface area contributed by atoms with Crippen molar-refractivity contribution in [2.24, 2.45) is 17.8 Å². The predicted octanol–water partition coefficient (Wildman–Crippen LogP) is 23.7. The van der Waals surface area contributed by atoms with Crippen LogP contribution in [-0.4, -0.2) is 96.7 Å². The molecule has 588 valence electrons. The summed E-state index contributed by atoms with van der Waals surface area (Å²) in [6.07, 6.45) is 58.2. The number of unbranched alkanes of at least 4 members (excludes halogenated alkanes) is 44. The van der Waals surface area contributed by atoms with Crippen LogP contribution in [0.2, 0.25) is 0 Å². The zero-order valence-electron chi connectivity index (χ0n) is 65.0. The van der Waals surface area contributed by atoms with Crippen LogP contribution in [0, 0.1) is 17.8 Å². The van der Waals surface area contributed by atoms with Gasteiger partial charge in [-0.15, -0.1) is 0 Å². The molecule has 0 aliphatic heterocycles. The lowest BCUT2D eigenvalue weighted by Crippen LogP contribution is -2.30. The Balaban J connectivity index is 5.19. The third kappa shape index (κ3) is 71.5. The summed E-state index contributed by atoms with van der Waals surface area (Å²) in [5.74, 6) is 0.367. The molecule has 4 unspecified atom stereocenters. The van der Waals surface area contributed by atoms with E-state index < -0.39 is 97.5 Å². The maximum atomic E-state index is 13.1. The first kappa shape index (κ1) is 97.1. The summed E-state index contributed by atoms with van der Waals surface area (Å²) in [5.41, 5.74) is 0. The van der Waals surface area contributed by atoms with Gasteiger partial charge in [-0.3, -0.25) is 37.3 Å². The van der Waals surface area contributed by atoms with E-state index in [0.29, 0.717) is 25.7 Å². The molecule has 0 amide bonds. The highest BCUT2D eigenvalue weighted by molar-refractivity contribution is 7.47. The van der Waals surface area contributed by atoms with Crippen LogP contribution in [0.1, 0.15) is 414 Å². The molecule has 0 aliphatic rings. The Morgan fingerprint density at radius 2 is 0.515 bits per heavy atom. The first-order valence-electron chi connectivity index (χ1n) is 41.4. The van der Waals surface area contributed by atoms with Crippen molar-refractivity contribution in [3.63, 3.8) is 0 Å². The summed E-state index contributed by atoms with van der Waals surface area (Å²) in [4.78, 5) is 72.9. The normalized spacial score (nSPS) is 14.5. The van der Waals surface area contributed by atoms with Gasteiger partial charge in [-0.2, -0.15) is 0 Å². The number of hydrogen-bond donors (Lipinski definition) is 3. The molecule has 0 fully saturated rings. The fourth-order valence-corrected chi connectivity index (χ4v) is 13.8. The molecule has 7 atom stereocenters. The van der Waals surface area contributed by atoms with Crippen LogP contribution in [0.3, 0.4) is 0 Å². The molecule has 0 rings (SSSR count). The minimum Gasteiger partial charge on any atom is -0.462 e. The average Bonchev–Trinajstić information content (AvgIpc) is 0.963. The molecule has 0 bridgehead atoms. The van der Waals surface area contributed by atoms with Crippen LogP contribution in [0.5, 0.6) is 0 Å². The molecule has 0 heterocycles. The largest absolute Gasteiger partial charge is 0.472 e. The monoisotopic (exact) mass is 1450 g/mol. The number of phosphoric ester groups is 2. The average molecular weight is 1450 g/mol. The highest BCUT2D eigenvalue weighted by Crippen LogP contribution is 2.45.